The Morgan fingerprint density at radius 1 is 1.28 bits per heavy atom. The second-order valence-electron chi connectivity index (χ2n) is 3.55. The Kier molecular flexibility index (Phi) is 4.15. The summed E-state index contributed by atoms with van der Waals surface area (Å²) in [4.78, 5) is 12.7. The zero-order valence-corrected chi connectivity index (χ0v) is 11.2. The number of hydrogen-bond acceptors (Lipinski definition) is 5. The lowest BCUT2D eigenvalue weighted by molar-refractivity contribution is 0.0514. The molecule has 0 atom stereocenters. The lowest BCUT2D eigenvalue weighted by atomic mass is 10.2. The molecule has 0 fully saturated rings. The normalized spacial score (nSPS) is 10.6. The third-order valence-electron chi connectivity index (χ3n) is 2.38. The van der Waals surface area contributed by atoms with Gasteiger partial charge in [-0.2, -0.15) is 0 Å². The molecule has 0 spiro atoms. The number of carbonyl (C=O) groups is 1. The van der Waals surface area contributed by atoms with Crippen LogP contribution in [0.15, 0.2) is 29.2 Å². The molecule has 0 N–H and O–H groups in total. The van der Waals surface area contributed by atoms with E-state index in [9.17, 15) is 4.79 Å². The number of nitrogens with zero attached hydrogens (tertiary/aromatic N) is 2. The number of benzene rings is 1. The standard InChI is InChI=1S/C13H14N2O2S/c1-3-17-13(16)11-12(18-4-2)9-7-5-6-8-10(9)14-15-11/h5-8H,3-4H2,1-2H3. The smallest absolute Gasteiger partial charge is 0.360 e. The zero-order valence-electron chi connectivity index (χ0n) is 10.3. The van der Waals surface area contributed by atoms with Crippen LogP contribution < -0.4 is 0 Å². The Bertz CT molecular complexity index is 572. The summed E-state index contributed by atoms with van der Waals surface area (Å²) < 4.78 is 5.01. The molecule has 2 rings (SSSR count). The molecule has 1 aromatic carbocycles. The molecule has 0 unspecified atom stereocenters. The van der Waals surface area contributed by atoms with Gasteiger partial charge >= 0.3 is 5.97 Å². The third-order valence-corrected chi connectivity index (χ3v) is 3.37. The first-order chi connectivity index (χ1) is 8.77. The van der Waals surface area contributed by atoms with Gasteiger partial charge in [-0.3, -0.25) is 0 Å². The summed E-state index contributed by atoms with van der Waals surface area (Å²) >= 11 is 1.58. The minimum Gasteiger partial charge on any atom is -0.461 e. The summed E-state index contributed by atoms with van der Waals surface area (Å²) in [5.74, 6) is 0.453. The van der Waals surface area contributed by atoms with Crippen molar-refractivity contribution in [2.45, 2.75) is 18.7 Å². The van der Waals surface area contributed by atoms with Crippen molar-refractivity contribution in [2.75, 3.05) is 12.4 Å². The van der Waals surface area contributed by atoms with Crippen molar-refractivity contribution in [1.29, 1.82) is 0 Å². The number of hydrogen-bond donors (Lipinski definition) is 0. The minimum atomic E-state index is -0.410. The molecular formula is C13H14N2O2S. The van der Waals surface area contributed by atoms with Gasteiger partial charge in [0.2, 0.25) is 0 Å². The SMILES string of the molecule is CCOC(=O)c1nnc2ccccc2c1SCC. The average molecular weight is 262 g/mol. The molecule has 0 aliphatic carbocycles. The van der Waals surface area contributed by atoms with E-state index in [4.69, 9.17) is 4.74 Å². The van der Waals surface area contributed by atoms with Gasteiger partial charge in [0, 0.05) is 5.39 Å². The number of carbonyl (C=O) groups excluding carboxylic acids is 1. The summed E-state index contributed by atoms with van der Waals surface area (Å²) in [5, 5.41) is 9.01. The van der Waals surface area contributed by atoms with Gasteiger partial charge in [0.15, 0.2) is 5.69 Å². The summed E-state index contributed by atoms with van der Waals surface area (Å²) in [6.45, 7) is 4.15. The van der Waals surface area contributed by atoms with Crippen molar-refractivity contribution in [3.63, 3.8) is 0 Å². The van der Waals surface area contributed by atoms with Crippen LogP contribution in [-0.4, -0.2) is 28.5 Å². The highest BCUT2D eigenvalue weighted by Crippen LogP contribution is 2.29. The number of esters is 1. The molecule has 0 amide bonds. The summed E-state index contributed by atoms with van der Waals surface area (Å²) in [6.07, 6.45) is 0. The fourth-order valence-corrected chi connectivity index (χ4v) is 2.53. The van der Waals surface area contributed by atoms with Crippen molar-refractivity contribution in [2.24, 2.45) is 0 Å². The molecule has 0 bridgehead atoms. The molecule has 0 saturated carbocycles. The quantitative estimate of drug-likeness (QED) is 0.626. The predicted molar refractivity (Wildman–Crippen MR) is 71.9 cm³/mol. The van der Waals surface area contributed by atoms with Crippen LogP contribution in [0.25, 0.3) is 10.9 Å². The van der Waals surface area contributed by atoms with Crippen LogP contribution in [-0.2, 0) is 4.74 Å². The van der Waals surface area contributed by atoms with E-state index < -0.39 is 5.97 Å². The number of ether oxygens (including phenoxy) is 1. The fourth-order valence-electron chi connectivity index (χ4n) is 1.65. The summed E-state index contributed by atoms with van der Waals surface area (Å²) in [5.41, 5.74) is 1.10. The van der Waals surface area contributed by atoms with E-state index in [1.807, 2.05) is 31.2 Å². The number of rotatable bonds is 4. The minimum absolute atomic E-state index is 0.308. The monoisotopic (exact) mass is 262 g/mol. The Morgan fingerprint density at radius 2 is 2.06 bits per heavy atom. The van der Waals surface area contributed by atoms with E-state index >= 15 is 0 Å². The van der Waals surface area contributed by atoms with Crippen molar-refractivity contribution < 1.29 is 9.53 Å². The van der Waals surface area contributed by atoms with Crippen LogP contribution in [0.4, 0.5) is 0 Å². The lowest BCUT2D eigenvalue weighted by Gasteiger charge is -2.08. The first-order valence-corrected chi connectivity index (χ1v) is 6.81. The van der Waals surface area contributed by atoms with Crippen LogP contribution in [0.5, 0.6) is 0 Å². The topological polar surface area (TPSA) is 52.1 Å². The molecule has 0 saturated heterocycles. The molecule has 0 radical (unpaired) electrons. The van der Waals surface area contributed by atoms with Crippen molar-refractivity contribution in [3.05, 3.63) is 30.0 Å². The van der Waals surface area contributed by atoms with Crippen molar-refractivity contribution in [1.82, 2.24) is 10.2 Å². The van der Waals surface area contributed by atoms with Crippen LogP contribution in [0.1, 0.15) is 24.3 Å². The molecule has 18 heavy (non-hydrogen) atoms. The fraction of sp³-hybridized carbons (Fsp3) is 0.308. The van der Waals surface area contributed by atoms with E-state index in [1.54, 1.807) is 18.7 Å². The molecule has 1 aromatic heterocycles. The number of fused-ring (bicyclic) bond motifs is 1. The van der Waals surface area contributed by atoms with E-state index in [1.165, 1.54) is 0 Å². The largest absolute Gasteiger partial charge is 0.461 e. The van der Waals surface area contributed by atoms with E-state index in [-0.39, 0.29) is 0 Å². The summed E-state index contributed by atoms with van der Waals surface area (Å²) in [6, 6.07) is 7.67. The first-order valence-electron chi connectivity index (χ1n) is 5.83. The van der Waals surface area contributed by atoms with Crippen LogP contribution in [0, 0.1) is 0 Å². The molecule has 1 heterocycles. The zero-order chi connectivity index (χ0) is 13.0. The second kappa shape index (κ2) is 5.82. The number of thioether (sulfide) groups is 1. The Hall–Kier alpha value is -1.62. The maximum Gasteiger partial charge on any atom is 0.360 e. The van der Waals surface area contributed by atoms with E-state index in [2.05, 4.69) is 10.2 Å². The lowest BCUT2D eigenvalue weighted by Crippen LogP contribution is -2.10. The van der Waals surface area contributed by atoms with Gasteiger partial charge in [-0.25, -0.2) is 4.79 Å². The summed E-state index contributed by atoms with van der Waals surface area (Å²) in [7, 11) is 0. The first kappa shape index (κ1) is 12.8. The van der Waals surface area contributed by atoms with Crippen LogP contribution in [0.3, 0.4) is 0 Å². The highest BCUT2D eigenvalue weighted by Gasteiger charge is 2.18. The predicted octanol–water partition coefficient (Wildman–Crippen LogP) is 2.92. The van der Waals surface area contributed by atoms with Crippen molar-refractivity contribution in [3.8, 4) is 0 Å². The van der Waals surface area contributed by atoms with Gasteiger partial charge in [-0.05, 0) is 18.7 Å². The van der Waals surface area contributed by atoms with E-state index in [0.29, 0.717) is 12.3 Å². The second-order valence-corrected chi connectivity index (χ2v) is 4.82. The van der Waals surface area contributed by atoms with Gasteiger partial charge in [0.1, 0.15) is 0 Å². The van der Waals surface area contributed by atoms with Crippen LogP contribution >= 0.6 is 11.8 Å². The van der Waals surface area contributed by atoms with Gasteiger partial charge < -0.3 is 4.74 Å². The molecule has 5 heteroatoms. The van der Waals surface area contributed by atoms with Gasteiger partial charge in [0.25, 0.3) is 0 Å². The average Bonchev–Trinajstić information content (AvgIpc) is 2.39. The molecule has 94 valence electrons. The molecule has 2 aromatic rings. The van der Waals surface area contributed by atoms with Gasteiger partial charge in [0.05, 0.1) is 17.0 Å². The maximum atomic E-state index is 11.8. The van der Waals surface area contributed by atoms with E-state index in [0.717, 1.165) is 21.6 Å². The maximum absolute atomic E-state index is 11.8. The Labute approximate surface area is 110 Å². The molecular weight excluding hydrogens is 248 g/mol. The molecule has 0 aliphatic heterocycles. The highest BCUT2D eigenvalue weighted by atomic mass is 32.2. The Morgan fingerprint density at radius 3 is 2.78 bits per heavy atom. The van der Waals surface area contributed by atoms with Gasteiger partial charge in [-0.15, -0.1) is 22.0 Å². The molecule has 4 nitrogen and oxygen atoms in total. The van der Waals surface area contributed by atoms with Crippen LogP contribution in [0.2, 0.25) is 0 Å². The highest BCUT2D eigenvalue weighted by molar-refractivity contribution is 7.99. The van der Waals surface area contributed by atoms with Gasteiger partial charge in [-0.1, -0.05) is 25.1 Å². The third kappa shape index (κ3) is 2.46. The number of aromatic nitrogens is 2. The molecule has 0 aliphatic rings. The van der Waals surface area contributed by atoms with Crippen molar-refractivity contribution >= 4 is 28.6 Å². The Balaban J connectivity index is 2.58.